The summed E-state index contributed by atoms with van der Waals surface area (Å²) in [6.07, 6.45) is 0. The molecule has 2 N–H and O–H groups in total. The summed E-state index contributed by atoms with van der Waals surface area (Å²) in [4.78, 5) is 21.1. The van der Waals surface area contributed by atoms with Gasteiger partial charge in [-0.25, -0.2) is 4.79 Å². The van der Waals surface area contributed by atoms with E-state index in [0.717, 1.165) is 4.47 Å². The lowest BCUT2D eigenvalue weighted by Gasteiger charge is -2.04. The van der Waals surface area contributed by atoms with Crippen LogP contribution in [-0.4, -0.2) is 17.0 Å². The number of nitrogens with one attached hydrogen (secondary N) is 1. The molecule has 0 spiro atoms. The van der Waals surface area contributed by atoms with Crippen LogP contribution in [0, 0.1) is 0 Å². The molecule has 0 saturated heterocycles. The van der Waals surface area contributed by atoms with Gasteiger partial charge in [-0.1, -0.05) is 15.9 Å². The number of aliphatic carboxylic acids is 1. The molecule has 0 bridgehead atoms. The van der Waals surface area contributed by atoms with E-state index in [2.05, 4.69) is 37.2 Å². The fourth-order valence-corrected chi connectivity index (χ4v) is 1.91. The first-order valence-electron chi connectivity index (χ1n) is 3.50. The summed E-state index contributed by atoms with van der Waals surface area (Å²) in [7, 11) is 0. The molecule has 1 amide bonds. The Morgan fingerprint density at radius 3 is 2.43 bits per heavy atom. The van der Waals surface area contributed by atoms with E-state index in [4.69, 9.17) is 5.11 Å². The maximum Gasteiger partial charge on any atom is 0.394 e. The van der Waals surface area contributed by atoms with Crippen LogP contribution < -0.4 is 5.32 Å². The Kier molecular flexibility index (Phi) is 3.65. The van der Waals surface area contributed by atoms with E-state index >= 15 is 0 Å². The summed E-state index contributed by atoms with van der Waals surface area (Å²) in [5.74, 6) is -2.58. The smallest absolute Gasteiger partial charge is 0.394 e. The summed E-state index contributed by atoms with van der Waals surface area (Å²) in [6, 6.07) is 4.99. The Hall–Kier alpha value is -0.880. The quantitative estimate of drug-likeness (QED) is 0.779. The summed E-state index contributed by atoms with van der Waals surface area (Å²) in [6.45, 7) is 0. The number of benzene rings is 1. The van der Waals surface area contributed by atoms with Gasteiger partial charge in [-0.2, -0.15) is 0 Å². The summed E-state index contributed by atoms with van der Waals surface area (Å²) >= 11 is 6.42. The molecule has 0 radical (unpaired) electrons. The van der Waals surface area contributed by atoms with Crippen molar-refractivity contribution >= 4 is 49.4 Å². The lowest BCUT2D eigenvalue weighted by atomic mass is 10.3. The molecule has 1 aromatic carbocycles. The predicted molar refractivity (Wildman–Crippen MR) is 58.1 cm³/mol. The number of halogens is 2. The number of amides is 1. The fourth-order valence-electron chi connectivity index (χ4n) is 0.767. The summed E-state index contributed by atoms with van der Waals surface area (Å²) < 4.78 is 1.44. The molecule has 0 aliphatic rings. The van der Waals surface area contributed by atoms with Gasteiger partial charge in [-0.15, -0.1) is 0 Å². The minimum atomic E-state index is -1.51. The third kappa shape index (κ3) is 2.81. The van der Waals surface area contributed by atoms with Gasteiger partial charge in [-0.05, 0) is 34.1 Å². The highest BCUT2D eigenvalue weighted by Gasteiger charge is 2.12. The first-order chi connectivity index (χ1) is 6.50. The highest BCUT2D eigenvalue weighted by molar-refractivity contribution is 9.11. The number of hydrogen-bond acceptors (Lipinski definition) is 2. The second kappa shape index (κ2) is 4.56. The van der Waals surface area contributed by atoms with E-state index in [9.17, 15) is 9.59 Å². The molecule has 0 aliphatic heterocycles. The fraction of sp³-hybridized carbons (Fsp3) is 0. The number of carboxylic acid groups (broad SMARTS) is 1. The van der Waals surface area contributed by atoms with Crippen molar-refractivity contribution in [3.05, 3.63) is 27.1 Å². The number of carbonyl (C=O) groups excluding carboxylic acids is 1. The lowest BCUT2D eigenvalue weighted by molar-refractivity contribution is -0.147. The molecule has 6 heteroatoms. The molecule has 0 atom stereocenters. The number of hydrogen-bond donors (Lipinski definition) is 2. The zero-order valence-corrected chi connectivity index (χ0v) is 9.92. The van der Waals surface area contributed by atoms with Gasteiger partial charge < -0.3 is 10.4 Å². The molecule has 0 heterocycles. The molecule has 0 unspecified atom stereocenters. The zero-order valence-electron chi connectivity index (χ0n) is 6.75. The summed E-state index contributed by atoms with van der Waals surface area (Å²) in [5, 5.41) is 10.6. The van der Waals surface area contributed by atoms with Gasteiger partial charge in [0.1, 0.15) is 0 Å². The molecule has 14 heavy (non-hydrogen) atoms. The van der Waals surface area contributed by atoms with Gasteiger partial charge >= 0.3 is 11.9 Å². The maximum atomic E-state index is 10.8. The Labute approximate surface area is 96.6 Å². The Morgan fingerprint density at radius 2 is 1.93 bits per heavy atom. The van der Waals surface area contributed by atoms with Gasteiger partial charge in [0.2, 0.25) is 0 Å². The molecule has 1 rings (SSSR count). The topological polar surface area (TPSA) is 66.4 Å². The van der Waals surface area contributed by atoms with E-state index in [1.165, 1.54) is 0 Å². The zero-order chi connectivity index (χ0) is 10.7. The van der Waals surface area contributed by atoms with Crippen LogP contribution in [0.1, 0.15) is 0 Å². The van der Waals surface area contributed by atoms with Crippen molar-refractivity contribution in [2.45, 2.75) is 0 Å². The van der Waals surface area contributed by atoms with Crippen molar-refractivity contribution in [3.63, 3.8) is 0 Å². The van der Waals surface area contributed by atoms with Crippen LogP contribution in [0.15, 0.2) is 27.1 Å². The Morgan fingerprint density at radius 1 is 1.29 bits per heavy atom. The number of carbonyl (C=O) groups is 2. The van der Waals surface area contributed by atoms with E-state index in [1.807, 2.05) is 0 Å². The van der Waals surface area contributed by atoms with Crippen molar-refractivity contribution < 1.29 is 14.7 Å². The van der Waals surface area contributed by atoms with Gasteiger partial charge in [0.15, 0.2) is 0 Å². The molecule has 74 valence electrons. The van der Waals surface area contributed by atoms with E-state index in [-0.39, 0.29) is 0 Å². The van der Waals surface area contributed by atoms with Gasteiger partial charge in [0.05, 0.1) is 5.69 Å². The molecule has 0 aromatic heterocycles. The van der Waals surface area contributed by atoms with Crippen LogP contribution in [0.25, 0.3) is 0 Å². The van der Waals surface area contributed by atoms with E-state index in [0.29, 0.717) is 10.2 Å². The van der Waals surface area contributed by atoms with E-state index in [1.54, 1.807) is 18.2 Å². The molecule has 0 aliphatic carbocycles. The normalized spacial score (nSPS) is 9.57. The molecule has 0 saturated carbocycles. The van der Waals surface area contributed by atoms with Crippen molar-refractivity contribution in [1.82, 2.24) is 0 Å². The average Bonchev–Trinajstić information content (AvgIpc) is 2.09. The molecule has 0 fully saturated rings. The Bertz CT molecular complexity index is 392. The van der Waals surface area contributed by atoms with E-state index < -0.39 is 11.9 Å². The standard InChI is InChI=1S/C8H5Br2NO3/c9-4-1-2-6(5(10)3-4)11-7(12)8(13)14/h1-3H,(H,11,12)(H,13,14). The van der Waals surface area contributed by atoms with Crippen LogP contribution >= 0.6 is 31.9 Å². The third-order valence-electron chi connectivity index (χ3n) is 1.37. The average molecular weight is 323 g/mol. The maximum absolute atomic E-state index is 10.8. The minimum Gasteiger partial charge on any atom is -0.474 e. The second-order valence-electron chi connectivity index (χ2n) is 2.38. The SMILES string of the molecule is O=C(O)C(=O)Nc1ccc(Br)cc1Br. The lowest BCUT2D eigenvalue weighted by Crippen LogP contribution is -2.21. The first kappa shape index (κ1) is 11.2. The van der Waals surface area contributed by atoms with Crippen molar-refractivity contribution in [2.24, 2.45) is 0 Å². The molecule has 4 nitrogen and oxygen atoms in total. The second-order valence-corrected chi connectivity index (χ2v) is 4.15. The van der Waals surface area contributed by atoms with Crippen LogP contribution in [0.3, 0.4) is 0 Å². The monoisotopic (exact) mass is 321 g/mol. The molecular formula is C8H5Br2NO3. The van der Waals surface area contributed by atoms with Gasteiger partial charge in [0, 0.05) is 8.95 Å². The molecule has 1 aromatic rings. The van der Waals surface area contributed by atoms with Gasteiger partial charge in [-0.3, -0.25) is 4.79 Å². The first-order valence-corrected chi connectivity index (χ1v) is 5.08. The van der Waals surface area contributed by atoms with Crippen LogP contribution in [0.4, 0.5) is 5.69 Å². The highest BCUT2D eigenvalue weighted by Crippen LogP contribution is 2.25. The minimum absolute atomic E-state index is 0.417. The van der Waals surface area contributed by atoms with Crippen molar-refractivity contribution in [1.29, 1.82) is 0 Å². The van der Waals surface area contributed by atoms with Gasteiger partial charge in [0.25, 0.3) is 0 Å². The Balaban J connectivity index is 2.87. The largest absolute Gasteiger partial charge is 0.474 e. The highest BCUT2D eigenvalue weighted by atomic mass is 79.9. The number of rotatable bonds is 1. The molecular weight excluding hydrogens is 318 g/mol. The third-order valence-corrected chi connectivity index (χ3v) is 2.52. The van der Waals surface area contributed by atoms with Crippen LogP contribution in [0.5, 0.6) is 0 Å². The van der Waals surface area contributed by atoms with Crippen LogP contribution in [-0.2, 0) is 9.59 Å². The number of anilines is 1. The number of carboxylic acids is 1. The predicted octanol–water partition coefficient (Wildman–Crippen LogP) is 2.23. The van der Waals surface area contributed by atoms with Crippen LogP contribution in [0.2, 0.25) is 0 Å². The summed E-state index contributed by atoms with van der Waals surface area (Å²) in [5.41, 5.74) is 0.417. The van der Waals surface area contributed by atoms with Crippen molar-refractivity contribution in [2.75, 3.05) is 5.32 Å². The van der Waals surface area contributed by atoms with Crippen molar-refractivity contribution in [3.8, 4) is 0 Å².